The topological polar surface area (TPSA) is 95.2 Å². The molecular weight excluding hydrogens is 346 g/mol. The van der Waals surface area contributed by atoms with Gasteiger partial charge >= 0.3 is 0 Å². The van der Waals surface area contributed by atoms with Crippen LogP contribution in [0.5, 0.6) is 0 Å². The van der Waals surface area contributed by atoms with E-state index in [2.05, 4.69) is 20.3 Å². The molecule has 2 bridgehead atoms. The Kier molecular flexibility index (Phi) is 3.96. The largest absolute Gasteiger partial charge is 0.378 e. The third kappa shape index (κ3) is 3.01. The first-order valence-electron chi connectivity index (χ1n) is 8.97. The van der Waals surface area contributed by atoms with Crippen molar-refractivity contribution in [3.8, 4) is 11.4 Å². The standard InChI is InChI=1S/C19H19N5O3/c25-19(7-6-15-12-26-18(19)27-15)16-11-24(23-22-16)10-13-8-20-17(21-9-13)14-4-2-1-3-5-14/h1-5,8-9,11,15,18,25H,6-7,10,12H2/t15-,18+,19?/m0/s1. The van der Waals surface area contributed by atoms with E-state index in [0.29, 0.717) is 31.1 Å². The number of rotatable bonds is 4. The Balaban J connectivity index is 1.32. The van der Waals surface area contributed by atoms with E-state index in [0.717, 1.165) is 17.5 Å². The van der Waals surface area contributed by atoms with E-state index in [4.69, 9.17) is 9.47 Å². The molecule has 5 rings (SSSR count). The molecule has 27 heavy (non-hydrogen) atoms. The van der Waals surface area contributed by atoms with Crippen LogP contribution in [0.3, 0.4) is 0 Å². The second-order valence-electron chi connectivity index (χ2n) is 6.97. The zero-order valence-corrected chi connectivity index (χ0v) is 14.6. The molecule has 1 aromatic carbocycles. The lowest BCUT2D eigenvalue weighted by atomic mass is 9.90. The Labute approximate surface area is 155 Å². The summed E-state index contributed by atoms with van der Waals surface area (Å²) >= 11 is 0. The molecule has 0 amide bonds. The van der Waals surface area contributed by atoms with Crippen molar-refractivity contribution >= 4 is 0 Å². The minimum absolute atomic E-state index is 0.0746. The van der Waals surface area contributed by atoms with Crippen molar-refractivity contribution in [1.82, 2.24) is 25.0 Å². The Hall–Kier alpha value is -2.68. The molecule has 2 fully saturated rings. The van der Waals surface area contributed by atoms with Crippen LogP contribution in [0.4, 0.5) is 0 Å². The fourth-order valence-electron chi connectivity index (χ4n) is 3.53. The van der Waals surface area contributed by atoms with Crippen LogP contribution < -0.4 is 0 Å². The van der Waals surface area contributed by atoms with Crippen LogP contribution in [-0.2, 0) is 21.6 Å². The van der Waals surface area contributed by atoms with Gasteiger partial charge in [0.1, 0.15) is 5.69 Å². The van der Waals surface area contributed by atoms with Crippen molar-refractivity contribution in [3.63, 3.8) is 0 Å². The average molecular weight is 365 g/mol. The van der Waals surface area contributed by atoms with E-state index in [1.807, 2.05) is 30.3 Å². The molecule has 3 aromatic rings. The predicted molar refractivity (Wildman–Crippen MR) is 94.3 cm³/mol. The smallest absolute Gasteiger partial charge is 0.192 e. The highest BCUT2D eigenvalue weighted by Crippen LogP contribution is 2.40. The van der Waals surface area contributed by atoms with Gasteiger partial charge in [-0.3, -0.25) is 0 Å². The van der Waals surface area contributed by atoms with Crippen molar-refractivity contribution in [3.05, 3.63) is 60.2 Å². The fourth-order valence-corrected chi connectivity index (χ4v) is 3.53. The van der Waals surface area contributed by atoms with E-state index in [-0.39, 0.29) is 6.10 Å². The second kappa shape index (κ2) is 6.49. The van der Waals surface area contributed by atoms with Crippen LogP contribution >= 0.6 is 0 Å². The van der Waals surface area contributed by atoms with Gasteiger partial charge in [-0.25, -0.2) is 14.6 Å². The lowest BCUT2D eigenvalue weighted by molar-refractivity contribution is -0.219. The monoisotopic (exact) mass is 365 g/mol. The zero-order chi connectivity index (χ0) is 18.3. The molecule has 0 aliphatic carbocycles. The predicted octanol–water partition coefficient (Wildman–Crippen LogP) is 1.51. The summed E-state index contributed by atoms with van der Waals surface area (Å²) in [7, 11) is 0. The van der Waals surface area contributed by atoms with Crippen LogP contribution in [0.15, 0.2) is 48.9 Å². The zero-order valence-electron chi connectivity index (χ0n) is 14.6. The minimum Gasteiger partial charge on any atom is -0.378 e. The first-order chi connectivity index (χ1) is 13.2. The maximum atomic E-state index is 11.0. The Morgan fingerprint density at radius 2 is 2.00 bits per heavy atom. The summed E-state index contributed by atoms with van der Waals surface area (Å²) in [6.45, 7) is 0.985. The molecule has 1 N–H and O–H groups in total. The van der Waals surface area contributed by atoms with Gasteiger partial charge in [-0.05, 0) is 12.8 Å². The maximum Gasteiger partial charge on any atom is 0.192 e. The first-order valence-corrected chi connectivity index (χ1v) is 8.97. The molecule has 2 aliphatic heterocycles. The maximum absolute atomic E-state index is 11.0. The van der Waals surface area contributed by atoms with Crippen molar-refractivity contribution in [1.29, 1.82) is 0 Å². The molecule has 2 aromatic heterocycles. The van der Waals surface area contributed by atoms with Gasteiger partial charge in [0, 0.05) is 23.5 Å². The highest BCUT2D eigenvalue weighted by atomic mass is 16.7. The van der Waals surface area contributed by atoms with Crippen LogP contribution in [0.2, 0.25) is 0 Å². The Bertz CT molecular complexity index is 930. The molecule has 138 valence electrons. The number of ether oxygens (including phenoxy) is 2. The number of benzene rings is 1. The normalized spacial score (nSPS) is 27.0. The molecule has 0 spiro atoms. The van der Waals surface area contributed by atoms with E-state index >= 15 is 0 Å². The number of fused-ring (bicyclic) bond motifs is 2. The van der Waals surface area contributed by atoms with E-state index in [9.17, 15) is 5.11 Å². The lowest BCUT2D eigenvalue weighted by Crippen LogP contribution is -2.44. The van der Waals surface area contributed by atoms with Crippen molar-refractivity contribution < 1.29 is 14.6 Å². The molecule has 0 radical (unpaired) electrons. The van der Waals surface area contributed by atoms with Crippen molar-refractivity contribution in [2.75, 3.05) is 6.61 Å². The van der Waals surface area contributed by atoms with Gasteiger partial charge in [-0.1, -0.05) is 35.5 Å². The third-order valence-electron chi connectivity index (χ3n) is 5.05. The first kappa shape index (κ1) is 16.5. The Morgan fingerprint density at radius 1 is 1.19 bits per heavy atom. The molecule has 0 saturated carbocycles. The summed E-state index contributed by atoms with van der Waals surface area (Å²) in [5.41, 5.74) is 1.09. The molecule has 4 heterocycles. The fraction of sp³-hybridized carbons (Fsp3) is 0.368. The van der Waals surface area contributed by atoms with E-state index < -0.39 is 11.9 Å². The molecule has 3 atom stereocenters. The summed E-state index contributed by atoms with van der Waals surface area (Å²) in [6, 6.07) is 9.82. The molecule has 1 unspecified atom stereocenters. The quantitative estimate of drug-likeness (QED) is 0.749. The highest BCUT2D eigenvalue weighted by Gasteiger charge is 2.51. The van der Waals surface area contributed by atoms with E-state index in [1.165, 1.54) is 0 Å². The summed E-state index contributed by atoms with van der Waals surface area (Å²) < 4.78 is 12.9. The molecular formula is C19H19N5O3. The molecule has 2 aliphatic rings. The highest BCUT2D eigenvalue weighted by molar-refractivity contribution is 5.53. The lowest BCUT2D eigenvalue weighted by Gasteiger charge is -2.34. The number of hydrogen-bond donors (Lipinski definition) is 1. The van der Waals surface area contributed by atoms with Gasteiger partial charge in [0.15, 0.2) is 17.7 Å². The van der Waals surface area contributed by atoms with Gasteiger partial charge in [-0.15, -0.1) is 5.10 Å². The number of hydrogen-bond acceptors (Lipinski definition) is 7. The average Bonchev–Trinajstić information content (AvgIpc) is 3.35. The van der Waals surface area contributed by atoms with Crippen LogP contribution in [0.25, 0.3) is 11.4 Å². The third-order valence-corrected chi connectivity index (χ3v) is 5.05. The molecule has 2 saturated heterocycles. The van der Waals surface area contributed by atoms with Crippen LogP contribution in [-0.4, -0.2) is 49.1 Å². The summed E-state index contributed by atoms with van der Waals surface area (Å²) in [5, 5.41) is 19.3. The van der Waals surface area contributed by atoms with E-state index in [1.54, 1.807) is 23.3 Å². The van der Waals surface area contributed by atoms with Crippen LogP contribution in [0, 0.1) is 0 Å². The number of nitrogens with zero attached hydrogens (tertiary/aromatic N) is 5. The van der Waals surface area contributed by atoms with Crippen LogP contribution in [0.1, 0.15) is 24.1 Å². The summed E-state index contributed by atoms with van der Waals surface area (Å²) in [6.07, 6.45) is 5.99. The summed E-state index contributed by atoms with van der Waals surface area (Å²) in [4.78, 5) is 8.85. The molecule has 8 heteroatoms. The molecule has 8 nitrogen and oxygen atoms in total. The summed E-state index contributed by atoms with van der Waals surface area (Å²) in [5.74, 6) is 0.681. The number of aliphatic hydroxyl groups is 1. The van der Waals surface area contributed by atoms with Crippen molar-refractivity contribution in [2.24, 2.45) is 0 Å². The van der Waals surface area contributed by atoms with Gasteiger partial charge in [-0.2, -0.15) is 0 Å². The second-order valence-corrected chi connectivity index (χ2v) is 6.97. The minimum atomic E-state index is -1.25. The van der Waals surface area contributed by atoms with Gasteiger partial charge in [0.05, 0.1) is 25.5 Å². The van der Waals surface area contributed by atoms with Crippen molar-refractivity contribution in [2.45, 2.75) is 37.4 Å². The van der Waals surface area contributed by atoms with Gasteiger partial charge in [0.25, 0.3) is 0 Å². The van der Waals surface area contributed by atoms with Gasteiger partial charge in [0.2, 0.25) is 0 Å². The number of aromatic nitrogens is 5. The van der Waals surface area contributed by atoms with Gasteiger partial charge < -0.3 is 14.6 Å². The SMILES string of the molecule is OC1(c2cn(Cc3cnc(-c4ccccc4)nc3)nn2)CC[C@H]2CO[C@@H]1O2. The Morgan fingerprint density at radius 3 is 2.81 bits per heavy atom.